The predicted octanol–water partition coefficient (Wildman–Crippen LogP) is 5.01. The summed E-state index contributed by atoms with van der Waals surface area (Å²) in [6.07, 6.45) is 9.92. The van der Waals surface area contributed by atoms with Crippen LogP contribution in [0, 0.1) is 23.2 Å². The third-order valence-electron chi connectivity index (χ3n) is 5.51. The fraction of sp³-hybridized carbons (Fsp3) is 1.00. The van der Waals surface area contributed by atoms with E-state index in [1.807, 2.05) is 0 Å². The molecule has 2 aliphatic rings. The fourth-order valence-corrected chi connectivity index (χ4v) is 4.94. The molecule has 1 N–H and O–H groups in total. The van der Waals surface area contributed by atoms with Crippen molar-refractivity contribution in [2.24, 2.45) is 23.2 Å². The first-order valence-corrected chi connectivity index (χ1v) is 8.63. The van der Waals surface area contributed by atoms with Gasteiger partial charge in [-0.3, -0.25) is 0 Å². The molecule has 19 heavy (non-hydrogen) atoms. The standard InChI is InChI=1S/C18H35N/c1-13(2)16-8-6-7-9-17(16)19-15-10-14(3)11-18(4,5)12-15/h13-17,19H,6-12H2,1-5H3. The van der Waals surface area contributed by atoms with Crippen molar-refractivity contribution in [3.63, 3.8) is 0 Å². The smallest absolute Gasteiger partial charge is 0.0100 e. The minimum atomic E-state index is 0.539. The van der Waals surface area contributed by atoms with Crippen LogP contribution in [-0.4, -0.2) is 12.1 Å². The predicted molar refractivity (Wildman–Crippen MR) is 84.3 cm³/mol. The summed E-state index contributed by atoms with van der Waals surface area (Å²) in [5.74, 6) is 2.64. The van der Waals surface area contributed by atoms with Crippen molar-refractivity contribution in [3.8, 4) is 0 Å². The van der Waals surface area contributed by atoms with Gasteiger partial charge in [0.05, 0.1) is 0 Å². The van der Waals surface area contributed by atoms with E-state index in [0.717, 1.165) is 29.8 Å². The minimum absolute atomic E-state index is 0.539. The minimum Gasteiger partial charge on any atom is -0.311 e. The maximum absolute atomic E-state index is 4.08. The second-order valence-electron chi connectivity index (χ2n) is 8.58. The van der Waals surface area contributed by atoms with Crippen LogP contribution in [0.4, 0.5) is 0 Å². The van der Waals surface area contributed by atoms with Crippen molar-refractivity contribution < 1.29 is 0 Å². The lowest BCUT2D eigenvalue weighted by Gasteiger charge is -2.43. The van der Waals surface area contributed by atoms with Crippen LogP contribution in [-0.2, 0) is 0 Å². The topological polar surface area (TPSA) is 12.0 Å². The summed E-state index contributed by atoms with van der Waals surface area (Å²) in [6.45, 7) is 12.2. The summed E-state index contributed by atoms with van der Waals surface area (Å²) in [5, 5.41) is 4.08. The van der Waals surface area contributed by atoms with Crippen LogP contribution < -0.4 is 5.32 Å². The van der Waals surface area contributed by atoms with Gasteiger partial charge in [0.2, 0.25) is 0 Å². The highest BCUT2D eigenvalue weighted by molar-refractivity contribution is 4.91. The van der Waals surface area contributed by atoms with Gasteiger partial charge in [-0.1, -0.05) is 47.5 Å². The first-order chi connectivity index (χ1) is 8.87. The Hall–Kier alpha value is -0.0400. The van der Waals surface area contributed by atoms with E-state index >= 15 is 0 Å². The van der Waals surface area contributed by atoms with Crippen LogP contribution in [0.3, 0.4) is 0 Å². The number of hydrogen-bond acceptors (Lipinski definition) is 1. The monoisotopic (exact) mass is 265 g/mol. The Morgan fingerprint density at radius 1 is 1.05 bits per heavy atom. The molecule has 0 amide bonds. The lowest BCUT2D eigenvalue weighted by atomic mass is 9.69. The molecule has 2 fully saturated rings. The van der Waals surface area contributed by atoms with Gasteiger partial charge in [-0.05, 0) is 55.3 Å². The zero-order valence-corrected chi connectivity index (χ0v) is 13.8. The highest BCUT2D eigenvalue weighted by atomic mass is 15.0. The largest absolute Gasteiger partial charge is 0.311 e. The van der Waals surface area contributed by atoms with Crippen LogP contribution in [0.25, 0.3) is 0 Å². The molecule has 1 nitrogen and oxygen atoms in total. The average molecular weight is 265 g/mol. The van der Waals surface area contributed by atoms with Gasteiger partial charge in [0, 0.05) is 12.1 Å². The normalized spacial score (nSPS) is 39.5. The van der Waals surface area contributed by atoms with E-state index in [1.165, 1.54) is 44.9 Å². The Labute approximate surface area is 120 Å². The molecule has 0 aromatic heterocycles. The molecule has 2 saturated carbocycles. The quantitative estimate of drug-likeness (QED) is 0.756. The molecule has 4 unspecified atom stereocenters. The molecule has 0 bridgehead atoms. The highest BCUT2D eigenvalue weighted by Gasteiger charge is 2.35. The maximum Gasteiger partial charge on any atom is 0.0100 e. The van der Waals surface area contributed by atoms with Gasteiger partial charge in [0.1, 0.15) is 0 Å². The zero-order chi connectivity index (χ0) is 14.0. The Morgan fingerprint density at radius 2 is 1.74 bits per heavy atom. The van der Waals surface area contributed by atoms with Crippen LogP contribution in [0.1, 0.15) is 79.6 Å². The number of nitrogens with one attached hydrogen (secondary N) is 1. The Balaban J connectivity index is 1.95. The Morgan fingerprint density at radius 3 is 2.37 bits per heavy atom. The maximum atomic E-state index is 4.08. The van der Waals surface area contributed by atoms with Gasteiger partial charge in [-0.15, -0.1) is 0 Å². The molecule has 0 aromatic carbocycles. The third kappa shape index (κ3) is 4.21. The summed E-state index contributed by atoms with van der Waals surface area (Å²) < 4.78 is 0. The first-order valence-electron chi connectivity index (χ1n) is 8.63. The molecular weight excluding hydrogens is 230 g/mol. The SMILES string of the molecule is CC1CC(NC2CCCCC2C(C)C)CC(C)(C)C1. The molecule has 0 saturated heterocycles. The van der Waals surface area contributed by atoms with Gasteiger partial charge < -0.3 is 5.32 Å². The van der Waals surface area contributed by atoms with Gasteiger partial charge in [0.25, 0.3) is 0 Å². The molecule has 0 aromatic rings. The number of hydrogen-bond donors (Lipinski definition) is 1. The van der Waals surface area contributed by atoms with E-state index in [9.17, 15) is 0 Å². The van der Waals surface area contributed by atoms with Gasteiger partial charge in [0.15, 0.2) is 0 Å². The summed E-state index contributed by atoms with van der Waals surface area (Å²) in [7, 11) is 0. The third-order valence-corrected chi connectivity index (χ3v) is 5.51. The molecule has 0 aliphatic heterocycles. The molecule has 4 atom stereocenters. The van der Waals surface area contributed by atoms with E-state index in [2.05, 4.69) is 39.9 Å². The molecule has 0 heterocycles. The fourth-order valence-electron chi connectivity index (χ4n) is 4.94. The van der Waals surface area contributed by atoms with Gasteiger partial charge in [-0.25, -0.2) is 0 Å². The van der Waals surface area contributed by atoms with Gasteiger partial charge >= 0.3 is 0 Å². The van der Waals surface area contributed by atoms with Gasteiger partial charge in [-0.2, -0.15) is 0 Å². The second-order valence-corrected chi connectivity index (χ2v) is 8.58. The summed E-state index contributed by atoms with van der Waals surface area (Å²) in [5.41, 5.74) is 0.539. The second kappa shape index (κ2) is 6.16. The highest BCUT2D eigenvalue weighted by Crippen LogP contribution is 2.39. The van der Waals surface area contributed by atoms with Crippen LogP contribution >= 0.6 is 0 Å². The van der Waals surface area contributed by atoms with Crippen LogP contribution in [0.5, 0.6) is 0 Å². The van der Waals surface area contributed by atoms with Crippen molar-refractivity contribution in [2.75, 3.05) is 0 Å². The molecule has 1 heteroatoms. The summed E-state index contributed by atoms with van der Waals surface area (Å²) in [6, 6.07) is 1.56. The van der Waals surface area contributed by atoms with E-state index in [4.69, 9.17) is 0 Å². The Bertz CT molecular complexity index is 281. The molecule has 0 radical (unpaired) electrons. The van der Waals surface area contributed by atoms with Crippen molar-refractivity contribution in [1.29, 1.82) is 0 Å². The van der Waals surface area contributed by atoms with Crippen LogP contribution in [0.15, 0.2) is 0 Å². The van der Waals surface area contributed by atoms with Crippen molar-refractivity contribution in [2.45, 2.75) is 91.6 Å². The molecule has 0 spiro atoms. The molecule has 2 aliphatic carbocycles. The Kier molecular flexibility index (Phi) is 4.98. The number of rotatable bonds is 3. The van der Waals surface area contributed by atoms with Crippen LogP contribution in [0.2, 0.25) is 0 Å². The van der Waals surface area contributed by atoms with Crippen molar-refractivity contribution >= 4 is 0 Å². The molecule has 112 valence electrons. The lowest BCUT2D eigenvalue weighted by Crippen LogP contribution is -2.49. The first kappa shape index (κ1) is 15.4. The van der Waals surface area contributed by atoms with E-state index in [-0.39, 0.29) is 0 Å². The molecule has 2 rings (SSSR count). The van der Waals surface area contributed by atoms with E-state index < -0.39 is 0 Å². The average Bonchev–Trinajstić information content (AvgIpc) is 2.26. The van der Waals surface area contributed by atoms with Crippen molar-refractivity contribution in [1.82, 2.24) is 5.32 Å². The van der Waals surface area contributed by atoms with E-state index in [0.29, 0.717) is 5.41 Å². The summed E-state index contributed by atoms with van der Waals surface area (Å²) >= 11 is 0. The summed E-state index contributed by atoms with van der Waals surface area (Å²) in [4.78, 5) is 0. The van der Waals surface area contributed by atoms with E-state index in [1.54, 1.807) is 0 Å². The lowest BCUT2D eigenvalue weighted by molar-refractivity contribution is 0.117. The van der Waals surface area contributed by atoms with Crippen molar-refractivity contribution in [3.05, 3.63) is 0 Å². The zero-order valence-electron chi connectivity index (χ0n) is 13.8. The molecular formula is C18H35N.